The fourth-order valence-electron chi connectivity index (χ4n) is 1.80. The van der Waals surface area contributed by atoms with Gasteiger partial charge in [0, 0.05) is 11.5 Å². The van der Waals surface area contributed by atoms with Crippen molar-refractivity contribution < 1.29 is 14.1 Å². The van der Waals surface area contributed by atoms with Crippen LogP contribution in [0.1, 0.15) is 56.5 Å². The molecule has 0 atom stereocenters. The number of hydrogen-bond donors (Lipinski definition) is 1. The number of nitrogens with one attached hydrogen (secondary N) is 1. The lowest BCUT2D eigenvalue weighted by Crippen LogP contribution is -2.32. The van der Waals surface area contributed by atoms with Gasteiger partial charge in [0.15, 0.2) is 0 Å². The third-order valence-electron chi connectivity index (χ3n) is 2.78. The molecule has 0 spiro atoms. The third-order valence-corrected chi connectivity index (χ3v) is 2.78. The molecule has 0 radical (unpaired) electrons. The van der Waals surface area contributed by atoms with Gasteiger partial charge in [-0.1, -0.05) is 17.8 Å². The minimum Gasteiger partial charge on any atom is -0.444 e. The Balaban J connectivity index is 1.96. The molecule has 0 bridgehead atoms. The summed E-state index contributed by atoms with van der Waals surface area (Å²) in [7, 11) is 0. The average molecular weight is 264 g/mol. The third kappa shape index (κ3) is 3.59. The first-order valence-electron chi connectivity index (χ1n) is 6.48. The number of amides is 1. The predicted octanol–water partition coefficient (Wildman–Crippen LogP) is 3.22. The topological polar surface area (TPSA) is 64.4 Å². The van der Waals surface area contributed by atoms with E-state index in [1.807, 2.05) is 20.8 Å². The Hall–Kier alpha value is -1.78. The highest BCUT2D eigenvalue weighted by atomic mass is 16.6. The molecule has 1 aromatic heterocycles. The summed E-state index contributed by atoms with van der Waals surface area (Å²) in [6, 6.07) is 0. The fraction of sp³-hybridized carbons (Fsp3) is 0.571. The van der Waals surface area contributed by atoms with Crippen molar-refractivity contribution in [2.45, 2.75) is 51.7 Å². The molecule has 5 heteroatoms. The first-order valence-corrected chi connectivity index (χ1v) is 6.48. The van der Waals surface area contributed by atoms with Crippen LogP contribution in [0, 0.1) is 0 Å². The Morgan fingerprint density at radius 3 is 2.79 bits per heavy atom. The average Bonchev–Trinajstić information content (AvgIpc) is 3.05. The Morgan fingerprint density at radius 1 is 1.58 bits per heavy atom. The van der Waals surface area contributed by atoms with Gasteiger partial charge in [-0.25, -0.2) is 4.79 Å². The van der Waals surface area contributed by atoms with Crippen LogP contribution >= 0.6 is 0 Å². The first kappa shape index (κ1) is 13.6. The number of carbonyl (C=O) groups is 1. The highest BCUT2D eigenvalue weighted by Crippen LogP contribution is 2.42. The Kier molecular flexibility index (Phi) is 3.64. The second-order valence-electron chi connectivity index (χ2n) is 5.74. The lowest BCUT2D eigenvalue weighted by Gasteiger charge is -2.19. The summed E-state index contributed by atoms with van der Waals surface area (Å²) in [4.78, 5) is 11.6. The van der Waals surface area contributed by atoms with E-state index in [9.17, 15) is 4.79 Å². The van der Waals surface area contributed by atoms with E-state index in [2.05, 4.69) is 17.1 Å². The van der Waals surface area contributed by atoms with Crippen LogP contribution in [-0.4, -0.2) is 16.9 Å². The molecule has 1 aliphatic carbocycles. The predicted molar refractivity (Wildman–Crippen MR) is 71.6 cm³/mol. The number of ether oxygens (including phenoxy) is 1. The highest BCUT2D eigenvalue weighted by molar-refractivity contribution is 5.68. The summed E-state index contributed by atoms with van der Waals surface area (Å²) in [5.74, 6) is 1.35. The molecule has 1 aromatic rings. The molecule has 19 heavy (non-hydrogen) atoms. The van der Waals surface area contributed by atoms with E-state index in [0.717, 1.165) is 24.2 Å². The molecule has 5 nitrogen and oxygen atoms in total. The van der Waals surface area contributed by atoms with Crippen molar-refractivity contribution >= 4 is 12.2 Å². The van der Waals surface area contributed by atoms with Crippen LogP contribution in [0.2, 0.25) is 0 Å². The van der Waals surface area contributed by atoms with Gasteiger partial charge in [-0.3, -0.25) is 0 Å². The van der Waals surface area contributed by atoms with Crippen LogP contribution in [0.4, 0.5) is 4.79 Å². The van der Waals surface area contributed by atoms with Crippen molar-refractivity contribution in [3.8, 4) is 0 Å². The van der Waals surface area contributed by atoms with Crippen molar-refractivity contribution in [3.05, 3.63) is 23.6 Å². The Labute approximate surface area is 113 Å². The lowest BCUT2D eigenvalue weighted by atomic mass is 10.1. The van der Waals surface area contributed by atoms with E-state index in [1.54, 1.807) is 6.08 Å². The van der Waals surface area contributed by atoms with Gasteiger partial charge < -0.3 is 14.6 Å². The number of aromatic nitrogens is 1. The number of alkyl carbamates (subject to hydrolysis) is 1. The molecule has 0 aliphatic heterocycles. The normalized spacial score (nSPS) is 15.1. The minimum absolute atomic E-state index is 0.284. The molecular formula is C14H20N2O3. The smallest absolute Gasteiger partial charge is 0.407 e. The minimum atomic E-state index is -0.506. The Morgan fingerprint density at radius 2 is 2.26 bits per heavy atom. The molecule has 2 rings (SSSR count). The van der Waals surface area contributed by atoms with Crippen LogP contribution in [0.3, 0.4) is 0 Å². The SMILES string of the molecule is C=Cc1c(CNC(=O)OC(C)(C)C)noc1C1CC1. The van der Waals surface area contributed by atoms with Gasteiger partial charge in [0.25, 0.3) is 0 Å². The molecule has 1 fully saturated rings. The zero-order chi connectivity index (χ0) is 14.0. The van der Waals surface area contributed by atoms with Crippen molar-refractivity contribution in [2.75, 3.05) is 0 Å². The summed E-state index contributed by atoms with van der Waals surface area (Å²) in [5.41, 5.74) is 1.09. The monoisotopic (exact) mass is 264 g/mol. The van der Waals surface area contributed by atoms with E-state index in [4.69, 9.17) is 9.26 Å². The van der Waals surface area contributed by atoms with E-state index < -0.39 is 11.7 Å². The molecule has 1 N–H and O–H groups in total. The second-order valence-corrected chi connectivity index (χ2v) is 5.74. The zero-order valence-electron chi connectivity index (χ0n) is 11.7. The van der Waals surface area contributed by atoms with Crippen molar-refractivity contribution in [2.24, 2.45) is 0 Å². The van der Waals surface area contributed by atoms with Gasteiger partial charge in [-0.05, 0) is 33.6 Å². The van der Waals surface area contributed by atoms with Gasteiger partial charge in [0.2, 0.25) is 0 Å². The molecule has 1 aliphatic rings. The van der Waals surface area contributed by atoms with Crippen LogP contribution in [0.25, 0.3) is 6.08 Å². The number of hydrogen-bond acceptors (Lipinski definition) is 4. The summed E-state index contributed by atoms with van der Waals surface area (Å²) in [5, 5.41) is 6.67. The van der Waals surface area contributed by atoms with Crippen molar-refractivity contribution in [1.82, 2.24) is 10.5 Å². The number of rotatable bonds is 4. The lowest BCUT2D eigenvalue weighted by molar-refractivity contribution is 0.0522. The van der Waals surface area contributed by atoms with Crippen LogP contribution in [-0.2, 0) is 11.3 Å². The Bertz CT molecular complexity index is 481. The van der Waals surface area contributed by atoms with Gasteiger partial charge in [-0.2, -0.15) is 0 Å². The maximum absolute atomic E-state index is 11.6. The molecule has 1 saturated carbocycles. The second kappa shape index (κ2) is 5.07. The summed E-state index contributed by atoms with van der Waals surface area (Å²) in [6.07, 6.45) is 3.54. The first-order chi connectivity index (χ1) is 8.90. The number of carbonyl (C=O) groups excluding carboxylic acids is 1. The van der Waals surface area contributed by atoms with Crippen molar-refractivity contribution in [3.63, 3.8) is 0 Å². The highest BCUT2D eigenvalue weighted by Gasteiger charge is 2.31. The molecular weight excluding hydrogens is 244 g/mol. The van der Waals surface area contributed by atoms with Gasteiger partial charge in [0.05, 0.1) is 6.54 Å². The van der Waals surface area contributed by atoms with Crippen LogP contribution in [0.15, 0.2) is 11.1 Å². The summed E-state index contributed by atoms with van der Waals surface area (Å²) >= 11 is 0. The van der Waals surface area contributed by atoms with Crippen LogP contribution < -0.4 is 5.32 Å². The zero-order valence-corrected chi connectivity index (χ0v) is 11.7. The molecule has 1 amide bonds. The summed E-state index contributed by atoms with van der Waals surface area (Å²) < 4.78 is 10.5. The fourth-order valence-corrected chi connectivity index (χ4v) is 1.80. The molecule has 1 heterocycles. The van der Waals surface area contributed by atoms with E-state index in [1.165, 1.54) is 0 Å². The van der Waals surface area contributed by atoms with Crippen molar-refractivity contribution in [1.29, 1.82) is 0 Å². The maximum atomic E-state index is 11.6. The largest absolute Gasteiger partial charge is 0.444 e. The van der Waals surface area contributed by atoms with Gasteiger partial charge in [0.1, 0.15) is 17.1 Å². The molecule has 0 aromatic carbocycles. The molecule has 104 valence electrons. The molecule has 0 unspecified atom stereocenters. The van der Waals surface area contributed by atoms with E-state index in [0.29, 0.717) is 11.6 Å². The number of nitrogens with zero attached hydrogens (tertiary/aromatic N) is 1. The standard InChI is InChI=1S/C14H20N2O3/c1-5-10-11(16-19-12(10)9-6-7-9)8-15-13(17)18-14(2,3)4/h5,9H,1,6-8H2,2-4H3,(H,15,17). The van der Waals surface area contributed by atoms with E-state index >= 15 is 0 Å². The van der Waals surface area contributed by atoms with Gasteiger partial charge in [-0.15, -0.1) is 0 Å². The quantitative estimate of drug-likeness (QED) is 0.906. The van der Waals surface area contributed by atoms with Gasteiger partial charge >= 0.3 is 6.09 Å². The van der Waals surface area contributed by atoms with E-state index in [-0.39, 0.29) is 6.54 Å². The summed E-state index contributed by atoms with van der Waals surface area (Å²) in [6.45, 7) is 9.53. The van der Waals surface area contributed by atoms with Crippen LogP contribution in [0.5, 0.6) is 0 Å². The molecule has 0 saturated heterocycles. The maximum Gasteiger partial charge on any atom is 0.407 e.